The molecule has 0 bridgehead atoms. The second-order valence-corrected chi connectivity index (χ2v) is 4.28. The van der Waals surface area contributed by atoms with Crippen molar-refractivity contribution in [1.82, 2.24) is 5.32 Å². The van der Waals surface area contributed by atoms with Crippen molar-refractivity contribution in [3.8, 4) is 5.75 Å². The molecule has 80 valence electrons. The number of benzene rings is 1. The minimum Gasteiger partial charge on any atom is -0.507 e. The summed E-state index contributed by atoms with van der Waals surface area (Å²) in [5.74, 6) is 0.192. The Balaban J connectivity index is 2.43. The van der Waals surface area contributed by atoms with Crippen molar-refractivity contribution < 1.29 is 5.11 Å². The molecule has 1 aromatic rings. The van der Waals surface area contributed by atoms with E-state index in [1.807, 2.05) is 0 Å². The largest absolute Gasteiger partial charge is 0.507 e. The summed E-state index contributed by atoms with van der Waals surface area (Å²) in [7, 11) is 0. The summed E-state index contributed by atoms with van der Waals surface area (Å²) in [4.78, 5) is 0. The monoisotopic (exact) mass is 243 g/mol. The SMILES string of the molecule is Oc1cc(Cl)c(Cl)cc1C1=CCNCC1. The Morgan fingerprint density at radius 1 is 1.20 bits per heavy atom. The van der Waals surface area contributed by atoms with Crippen LogP contribution in [0.2, 0.25) is 10.0 Å². The molecule has 0 atom stereocenters. The molecule has 2 nitrogen and oxygen atoms in total. The number of aromatic hydroxyl groups is 1. The molecule has 4 heteroatoms. The molecule has 15 heavy (non-hydrogen) atoms. The van der Waals surface area contributed by atoms with E-state index in [0.717, 1.165) is 30.6 Å². The average molecular weight is 244 g/mol. The first-order valence-corrected chi connectivity index (χ1v) is 5.52. The molecule has 2 N–H and O–H groups in total. The predicted molar refractivity (Wildman–Crippen MR) is 63.6 cm³/mol. The van der Waals surface area contributed by atoms with Crippen LogP contribution in [0.3, 0.4) is 0 Å². The summed E-state index contributed by atoms with van der Waals surface area (Å²) in [5.41, 5.74) is 1.90. The normalized spacial score (nSPS) is 16.3. The van der Waals surface area contributed by atoms with Crippen molar-refractivity contribution in [3.05, 3.63) is 33.8 Å². The Bertz CT molecular complexity index is 415. The highest BCUT2D eigenvalue weighted by molar-refractivity contribution is 6.42. The molecule has 2 rings (SSSR count). The van der Waals surface area contributed by atoms with Crippen LogP contribution in [0.5, 0.6) is 5.75 Å². The van der Waals surface area contributed by atoms with Gasteiger partial charge in [-0.05, 0) is 24.6 Å². The molecular formula is C11H11Cl2NO. The van der Waals surface area contributed by atoms with Gasteiger partial charge in [-0.3, -0.25) is 0 Å². The van der Waals surface area contributed by atoms with Crippen LogP contribution >= 0.6 is 23.2 Å². The molecule has 1 aliphatic heterocycles. The molecule has 0 aromatic heterocycles. The Hall–Kier alpha value is -0.700. The van der Waals surface area contributed by atoms with Gasteiger partial charge in [0.05, 0.1) is 10.0 Å². The average Bonchev–Trinajstić information content (AvgIpc) is 2.25. The van der Waals surface area contributed by atoms with Gasteiger partial charge in [0.25, 0.3) is 0 Å². The maximum Gasteiger partial charge on any atom is 0.124 e. The van der Waals surface area contributed by atoms with Crippen LogP contribution < -0.4 is 5.32 Å². The van der Waals surface area contributed by atoms with Crippen molar-refractivity contribution in [3.63, 3.8) is 0 Å². The van der Waals surface area contributed by atoms with Gasteiger partial charge >= 0.3 is 0 Å². The first-order valence-electron chi connectivity index (χ1n) is 4.76. The van der Waals surface area contributed by atoms with Gasteiger partial charge in [-0.2, -0.15) is 0 Å². The highest BCUT2D eigenvalue weighted by Crippen LogP contribution is 2.35. The highest BCUT2D eigenvalue weighted by atomic mass is 35.5. The molecule has 0 radical (unpaired) electrons. The van der Waals surface area contributed by atoms with E-state index in [2.05, 4.69) is 11.4 Å². The lowest BCUT2D eigenvalue weighted by atomic mass is 9.99. The maximum absolute atomic E-state index is 9.76. The highest BCUT2D eigenvalue weighted by Gasteiger charge is 2.12. The van der Waals surface area contributed by atoms with E-state index < -0.39 is 0 Å². The lowest BCUT2D eigenvalue weighted by molar-refractivity contribution is 0.473. The summed E-state index contributed by atoms with van der Waals surface area (Å²) < 4.78 is 0. The fourth-order valence-corrected chi connectivity index (χ4v) is 1.98. The van der Waals surface area contributed by atoms with Crippen LogP contribution in [-0.2, 0) is 0 Å². The van der Waals surface area contributed by atoms with Crippen LogP contribution in [0, 0.1) is 0 Å². The smallest absolute Gasteiger partial charge is 0.124 e. The second-order valence-electron chi connectivity index (χ2n) is 3.47. The number of phenols is 1. The first-order chi connectivity index (χ1) is 7.18. The zero-order valence-corrected chi connectivity index (χ0v) is 9.57. The van der Waals surface area contributed by atoms with E-state index in [0.29, 0.717) is 10.0 Å². The van der Waals surface area contributed by atoms with Gasteiger partial charge in [-0.15, -0.1) is 0 Å². The van der Waals surface area contributed by atoms with Crippen molar-refractivity contribution >= 4 is 28.8 Å². The van der Waals surface area contributed by atoms with Crippen molar-refractivity contribution in [2.75, 3.05) is 13.1 Å². The van der Waals surface area contributed by atoms with Gasteiger partial charge in [-0.25, -0.2) is 0 Å². The molecule has 0 fully saturated rings. The van der Waals surface area contributed by atoms with E-state index in [-0.39, 0.29) is 5.75 Å². The van der Waals surface area contributed by atoms with Crippen LogP contribution in [0.15, 0.2) is 18.2 Å². The van der Waals surface area contributed by atoms with Crippen molar-refractivity contribution in [2.45, 2.75) is 6.42 Å². The number of hydrogen-bond acceptors (Lipinski definition) is 2. The third-order valence-corrected chi connectivity index (χ3v) is 3.17. The summed E-state index contributed by atoms with van der Waals surface area (Å²) in [6.45, 7) is 1.75. The van der Waals surface area contributed by atoms with Crippen LogP contribution in [-0.4, -0.2) is 18.2 Å². The molecular weight excluding hydrogens is 233 g/mol. The Kier molecular flexibility index (Phi) is 3.19. The molecule has 0 aliphatic carbocycles. The van der Waals surface area contributed by atoms with Crippen LogP contribution in [0.4, 0.5) is 0 Å². The molecule has 0 unspecified atom stereocenters. The Morgan fingerprint density at radius 3 is 2.60 bits per heavy atom. The topological polar surface area (TPSA) is 32.3 Å². The van der Waals surface area contributed by atoms with Gasteiger partial charge in [0, 0.05) is 18.2 Å². The van der Waals surface area contributed by atoms with Crippen molar-refractivity contribution in [1.29, 1.82) is 0 Å². The summed E-state index contributed by atoms with van der Waals surface area (Å²) in [6, 6.07) is 3.21. The number of nitrogens with one attached hydrogen (secondary N) is 1. The van der Waals surface area contributed by atoms with Crippen LogP contribution in [0.1, 0.15) is 12.0 Å². The fraction of sp³-hybridized carbons (Fsp3) is 0.273. The van der Waals surface area contributed by atoms with Crippen LogP contribution in [0.25, 0.3) is 5.57 Å². The minimum atomic E-state index is 0.192. The molecule has 1 aliphatic rings. The number of hydrogen-bond donors (Lipinski definition) is 2. The fourth-order valence-electron chi connectivity index (χ4n) is 1.66. The van der Waals surface area contributed by atoms with E-state index in [9.17, 15) is 5.11 Å². The number of phenolic OH excluding ortho intramolecular Hbond substituents is 1. The Morgan fingerprint density at radius 2 is 1.93 bits per heavy atom. The van der Waals surface area contributed by atoms with Gasteiger partial charge in [0.2, 0.25) is 0 Å². The van der Waals surface area contributed by atoms with Crippen molar-refractivity contribution in [2.24, 2.45) is 0 Å². The predicted octanol–water partition coefficient (Wildman–Crippen LogP) is 3.08. The molecule has 0 saturated heterocycles. The van der Waals surface area contributed by atoms with Gasteiger partial charge in [0.15, 0.2) is 0 Å². The minimum absolute atomic E-state index is 0.192. The van der Waals surface area contributed by atoms with E-state index in [4.69, 9.17) is 23.2 Å². The summed E-state index contributed by atoms with van der Waals surface area (Å²) in [6.07, 6.45) is 2.95. The summed E-state index contributed by atoms with van der Waals surface area (Å²) in [5, 5.41) is 13.8. The van der Waals surface area contributed by atoms with E-state index >= 15 is 0 Å². The lowest BCUT2D eigenvalue weighted by Crippen LogP contribution is -2.20. The van der Waals surface area contributed by atoms with Gasteiger partial charge in [-0.1, -0.05) is 29.3 Å². The Labute approximate surface area is 98.5 Å². The standard InChI is InChI=1S/C11H11Cl2NO/c12-9-5-8(11(15)6-10(9)13)7-1-3-14-4-2-7/h1,5-6,14-15H,2-4H2. The second kappa shape index (κ2) is 4.44. The van der Waals surface area contributed by atoms with E-state index in [1.165, 1.54) is 6.07 Å². The zero-order chi connectivity index (χ0) is 10.8. The third kappa shape index (κ3) is 2.28. The molecule has 1 aromatic carbocycles. The quantitative estimate of drug-likeness (QED) is 0.795. The van der Waals surface area contributed by atoms with Gasteiger partial charge in [0.1, 0.15) is 5.75 Å². The lowest BCUT2D eigenvalue weighted by Gasteiger charge is -2.15. The number of halogens is 2. The number of rotatable bonds is 1. The molecule has 0 amide bonds. The molecule has 1 heterocycles. The van der Waals surface area contributed by atoms with E-state index in [1.54, 1.807) is 6.07 Å². The zero-order valence-electron chi connectivity index (χ0n) is 8.06. The summed E-state index contributed by atoms with van der Waals surface area (Å²) >= 11 is 11.7. The molecule has 0 spiro atoms. The first kappa shape index (κ1) is 10.8. The maximum atomic E-state index is 9.76. The van der Waals surface area contributed by atoms with Gasteiger partial charge < -0.3 is 10.4 Å². The molecule has 0 saturated carbocycles. The third-order valence-electron chi connectivity index (χ3n) is 2.45.